The van der Waals surface area contributed by atoms with Crippen molar-refractivity contribution in [3.05, 3.63) is 35.4 Å². The maximum Gasteiger partial charge on any atom is 0.416 e. The van der Waals surface area contributed by atoms with Crippen LogP contribution in [0.1, 0.15) is 43.7 Å². The Hall–Kier alpha value is -2.05. The summed E-state index contributed by atoms with van der Waals surface area (Å²) < 4.78 is 38.6. The molecule has 0 aliphatic carbocycles. The van der Waals surface area contributed by atoms with Crippen LogP contribution in [-0.2, 0) is 22.2 Å². The summed E-state index contributed by atoms with van der Waals surface area (Å²) in [6.45, 7) is 4.65. The van der Waals surface area contributed by atoms with Crippen molar-refractivity contribution in [2.45, 2.75) is 45.2 Å². The molecule has 4 nitrogen and oxygen atoms in total. The number of amides is 2. The van der Waals surface area contributed by atoms with Crippen LogP contribution in [0.4, 0.5) is 13.2 Å². The highest BCUT2D eigenvalue weighted by atomic mass is 19.4. The molecule has 2 fully saturated rings. The van der Waals surface area contributed by atoms with Crippen LogP contribution in [0.5, 0.6) is 0 Å². The zero-order valence-electron chi connectivity index (χ0n) is 16.2. The van der Waals surface area contributed by atoms with Crippen LogP contribution >= 0.6 is 0 Å². The van der Waals surface area contributed by atoms with Gasteiger partial charge in [-0.05, 0) is 43.2 Å². The van der Waals surface area contributed by atoms with Crippen LogP contribution < -0.4 is 0 Å². The fourth-order valence-corrected chi connectivity index (χ4v) is 4.04. The Morgan fingerprint density at radius 3 is 2.46 bits per heavy atom. The molecule has 0 bridgehead atoms. The predicted octanol–water partition coefficient (Wildman–Crippen LogP) is 3.75. The van der Waals surface area contributed by atoms with Crippen LogP contribution in [0.15, 0.2) is 24.3 Å². The van der Waals surface area contributed by atoms with Crippen molar-refractivity contribution >= 4 is 11.8 Å². The summed E-state index contributed by atoms with van der Waals surface area (Å²) in [4.78, 5) is 29.0. The standard InChI is InChI=1S/C21H27F3N2O2/c1-15-7-10-25(11-8-15)20(28)17-5-3-9-26(14-17)19(27)13-16-4-2-6-18(12-16)21(22,23)24/h2,4,6,12,15,17H,3,5,7-11,13-14H2,1H3. The normalized spacial score (nSPS) is 21.6. The molecule has 0 spiro atoms. The van der Waals surface area contributed by atoms with E-state index >= 15 is 0 Å². The number of likely N-dealkylation sites (tertiary alicyclic amines) is 2. The van der Waals surface area contributed by atoms with Crippen LogP contribution in [0.2, 0.25) is 0 Å². The maximum absolute atomic E-state index is 12.9. The van der Waals surface area contributed by atoms with Crippen molar-refractivity contribution in [2.24, 2.45) is 11.8 Å². The van der Waals surface area contributed by atoms with E-state index in [1.807, 2.05) is 4.90 Å². The topological polar surface area (TPSA) is 40.6 Å². The van der Waals surface area contributed by atoms with E-state index in [-0.39, 0.29) is 24.2 Å². The van der Waals surface area contributed by atoms with Gasteiger partial charge >= 0.3 is 6.18 Å². The van der Waals surface area contributed by atoms with Crippen LogP contribution in [0, 0.1) is 11.8 Å². The van der Waals surface area contributed by atoms with Gasteiger partial charge in [0.1, 0.15) is 0 Å². The Labute approximate surface area is 163 Å². The molecular formula is C21H27F3N2O2. The highest BCUT2D eigenvalue weighted by Crippen LogP contribution is 2.30. The smallest absolute Gasteiger partial charge is 0.342 e. The minimum atomic E-state index is -4.42. The minimum absolute atomic E-state index is 0.0773. The van der Waals surface area contributed by atoms with Crippen molar-refractivity contribution in [1.29, 1.82) is 0 Å². The fraction of sp³-hybridized carbons (Fsp3) is 0.619. The molecule has 0 radical (unpaired) electrons. The van der Waals surface area contributed by atoms with E-state index in [0.29, 0.717) is 24.6 Å². The number of rotatable bonds is 3. The van der Waals surface area contributed by atoms with Crippen molar-refractivity contribution < 1.29 is 22.8 Å². The molecule has 2 heterocycles. The first-order chi connectivity index (χ1) is 13.2. The zero-order chi connectivity index (χ0) is 20.3. The lowest BCUT2D eigenvalue weighted by Gasteiger charge is -2.37. The van der Waals surface area contributed by atoms with Crippen molar-refractivity contribution in [3.8, 4) is 0 Å². The second-order valence-corrected chi connectivity index (χ2v) is 8.06. The Morgan fingerprint density at radius 2 is 1.79 bits per heavy atom. The number of hydrogen-bond donors (Lipinski definition) is 0. The van der Waals surface area contributed by atoms with E-state index in [9.17, 15) is 22.8 Å². The summed E-state index contributed by atoms with van der Waals surface area (Å²) in [5.74, 6) is 0.334. The second-order valence-electron chi connectivity index (χ2n) is 8.06. The number of alkyl halides is 3. The number of halogens is 3. The monoisotopic (exact) mass is 396 g/mol. The molecule has 2 aliphatic heterocycles. The molecule has 7 heteroatoms. The van der Waals surface area contributed by atoms with Gasteiger partial charge in [-0.25, -0.2) is 0 Å². The van der Waals surface area contributed by atoms with Crippen LogP contribution in [-0.4, -0.2) is 47.8 Å². The van der Waals surface area contributed by atoms with E-state index in [1.54, 1.807) is 4.90 Å². The van der Waals surface area contributed by atoms with Gasteiger partial charge in [0.25, 0.3) is 0 Å². The Morgan fingerprint density at radius 1 is 1.07 bits per heavy atom. The van der Waals surface area contributed by atoms with Crippen molar-refractivity contribution in [2.75, 3.05) is 26.2 Å². The molecule has 2 saturated heterocycles. The van der Waals surface area contributed by atoms with Gasteiger partial charge in [0, 0.05) is 26.2 Å². The number of carbonyl (C=O) groups is 2. The molecule has 0 aromatic heterocycles. The average Bonchev–Trinajstić information content (AvgIpc) is 2.67. The first-order valence-electron chi connectivity index (χ1n) is 9.96. The summed E-state index contributed by atoms with van der Waals surface area (Å²) in [5, 5.41) is 0. The molecule has 3 rings (SSSR count). The van der Waals surface area contributed by atoms with Gasteiger partial charge in [0.15, 0.2) is 0 Å². The molecule has 1 aromatic rings. The van der Waals surface area contributed by atoms with E-state index < -0.39 is 11.7 Å². The van der Waals surface area contributed by atoms with Crippen molar-refractivity contribution in [1.82, 2.24) is 9.80 Å². The molecule has 1 atom stereocenters. The summed E-state index contributed by atoms with van der Waals surface area (Å²) >= 11 is 0. The van der Waals surface area contributed by atoms with Gasteiger partial charge < -0.3 is 9.80 Å². The van der Waals surface area contributed by atoms with Gasteiger partial charge in [-0.2, -0.15) is 13.2 Å². The van der Waals surface area contributed by atoms with E-state index in [1.165, 1.54) is 12.1 Å². The predicted molar refractivity (Wildman–Crippen MR) is 99.4 cm³/mol. The molecular weight excluding hydrogens is 369 g/mol. The Bertz CT molecular complexity index is 712. The number of carbonyl (C=O) groups excluding carboxylic acids is 2. The van der Waals surface area contributed by atoms with Crippen LogP contribution in [0.3, 0.4) is 0 Å². The Balaban J connectivity index is 1.59. The second kappa shape index (κ2) is 8.53. The van der Waals surface area contributed by atoms with Gasteiger partial charge in [-0.3, -0.25) is 9.59 Å². The van der Waals surface area contributed by atoms with Gasteiger partial charge in [0.05, 0.1) is 17.9 Å². The molecule has 2 amide bonds. The SMILES string of the molecule is CC1CCN(C(=O)C2CCCN(C(=O)Cc3cccc(C(F)(F)F)c3)C2)CC1. The lowest BCUT2D eigenvalue weighted by Crippen LogP contribution is -2.48. The minimum Gasteiger partial charge on any atom is -0.342 e. The number of benzene rings is 1. The van der Waals surface area contributed by atoms with Crippen molar-refractivity contribution in [3.63, 3.8) is 0 Å². The number of nitrogens with zero attached hydrogens (tertiary/aromatic N) is 2. The fourth-order valence-electron chi connectivity index (χ4n) is 4.04. The van der Waals surface area contributed by atoms with Gasteiger partial charge in [-0.15, -0.1) is 0 Å². The third-order valence-corrected chi connectivity index (χ3v) is 5.83. The zero-order valence-corrected chi connectivity index (χ0v) is 16.2. The van der Waals surface area contributed by atoms with E-state index in [2.05, 4.69) is 6.92 Å². The van der Waals surface area contributed by atoms with E-state index in [4.69, 9.17) is 0 Å². The maximum atomic E-state index is 12.9. The summed E-state index contributed by atoms with van der Waals surface area (Å²) in [6.07, 6.45) is -0.972. The molecule has 2 aliphatic rings. The lowest BCUT2D eigenvalue weighted by molar-refractivity contribution is -0.142. The average molecular weight is 396 g/mol. The summed E-state index contributed by atoms with van der Waals surface area (Å²) in [5.41, 5.74) is -0.401. The van der Waals surface area contributed by atoms with E-state index in [0.717, 1.165) is 50.9 Å². The molecule has 0 N–H and O–H groups in total. The molecule has 28 heavy (non-hydrogen) atoms. The summed E-state index contributed by atoms with van der Waals surface area (Å²) in [6, 6.07) is 4.89. The molecule has 1 aromatic carbocycles. The largest absolute Gasteiger partial charge is 0.416 e. The summed E-state index contributed by atoms with van der Waals surface area (Å²) in [7, 11) is 0. The molecule has 0 saturated carbocycles. The lowest BCUT2D eigenvalue weighted by atomic mass is 9.93. The van der Waals surface area contributed by atoms with Gasteiger partial charge in [-0.1, -0.05) is 25.1 Å². The third kappa shape index (κ3) is 5.06. The number of hydrogen-bond acceptors (Lipinski definition) is 2. The third-order valence-electron chi connectivity index (χ3n) is 5.83. The van der Waals surface area contributed by atoms with Crippen LogP contribution in [0.25, 0.3) is 0 Å². The first-order valence-corrected chi connectivity index (χ1v) is 9.96. The quantitative estimate of drug-likeness (QED) is 0.781. The number of piperidine rings is 2. The molecule has 1 unspecified atom stereocenters. The van der Waals surface area contributed by atoms with Gasteiger partial charge in [0.2, 0.25) is 11.8 Å². The first kappa shape index (κ1) is 20.7. The Kier molecular flexibility index (Phi) is 6.30. The highest BCUT2D eigenvalue weighted by Gasteiger charge is 2.33. The molecule has 154 valence electrons. The highest BCUT2D eigenvalue weighted by molar-refractivity contribution is 5.82.